The van der Waals surface area contributed by atoms with Crippen LogP contribution < -0.4 is 9.47 Å². The van der Waals surface area contributed by atoms with Crippen molar-refractivity contribution in [2.75, 3.05) is 14.2 Å². The fourth-order valence-electron chi connectivity index (χ4n) is 2.38. The topological polar surface area (TPSA) is 62.5 Å². The Labute approximate surface area is 121 Å². The van der Waals surface area contributed by atoms with E-state index in [4.69, 9.17) is 9.47 Å². The zero-order valence-electron chi connectivity index (χ0n) is 10.9. The molecule has 1 aliphatic rings. The predicted octanol–water partition coefficient (Wildman–Crippen LogP) is 3.19. The maximum Gasteiger partial charge on any atom is 0.161 e. The van der Waals surface area contributed by atoms with Crippen LogP contribution in [0.15, 0.2) is 16.6 Å². The van der Waals surface area contributed by atoms with Crippen molar-refractivity contribution in [1.29, 1.82) is 5.26 Å². The van der Waals surface area contributed by atoms with Crippen LogP contribution in [0, 0.1) is 16.7 Å². The number of aliphatic hydroxyl groups excluding tert-OH is 1. The largest absolute Gasteiger partial charge is 0.493 e. The predicted molar refractivity (Wildman–Crippen MR) is 74.1 cm³/mol. The van der Waals surface area contributed by atoms with E-state index in [9.17, 15) is 10.4 Å². The standard InChI is InChI=1S/C14H16BrNO3/c1-18-11-6-9(10(15)7-12(11)19-2)13(17)14(8-16)4-3-5-14/h6-7,13,17H,3-5H2,1-2H3. The molecule has 1 aliphatic carbocycles. The maximum absolute atomic E-state index is 10.5. The maximum atomic E-state index is 10.5. The molecule has 0 spiro atoms. The minimum Gasteiger partial charge on any atom is -0.493 e. The van der Waals surface area contributed by atoms with E-state index >= 15 is 0 Å². The second-order valence-corrected chi connectivity index (χ2v) is 5.61. The monoisotopic (exact) mass is 325 g/mol. The third kappa shape index (κ3) is 2.31. The van der Waals surface area contributed by atoms with Crippen molar-refractivity contribution in [3.05, 3.63) is 22.2 Å². The number of nitrogens with zero attached hydrogens (tertiary/aromatic N) is 1. The summed E-state index contributed by atoms with van der Waals surface area (Å²) < 4.78 is 11.2. The Balaban J connectivity index is 2.42. The molecule has 1 aromatic rings. The molecule has 0 bridgehead atoms. The summed E-state index contributed by atoms with van der Waals surface area (Å²) in [6, 6.07) is 5.74. The van der Waals surface area contributed by atoms with Crippen LogP contribution >= 0.6 is 15.9 Å². The molecular formula is C14H16BrNO3. The Bertz CT molecular complexity index is 520. The molecule has 5 heteroatoms. The molecule has 1 N–H and O–H groups in total. The number of rotatable bonds is 4. The van der Waals surface area contributed by atoms with Crippen LogP contribution in [0.4, 0.5) is 0 Å². The van der Waals surface area contributed by atoms with Gasteiger partial charge in [0.05, 0.1) is 31.8 Å². The van der Waals surface area contributed by atoms with Gasteiger partial charge >= 0.3 is 0 Å². The first-order chi connectivity index (χ1) is 9.07. The molecule has 0 saturated heterocycles. The van der Waals surface area contributed by atoms with Gasteiger partial charge in [-0.15, -0.1) is 0 Å². The van der Waals surface area contributed by atoms with Gasteiger partial charge in [-0.05, 0) is 25.0 Å². The zero-order valence-corrected chi connectivity index (χ0v) is 12.5. The summed E-state index contributed by atoms with van der Waals surface area (Å²) in [5, 5.41) is 19.8. The number of methoxy groups -OCH3 is 2. The summed E-state index contributed by atoms with van der Waals surface area (Å²) >= 11 is 3.42. The lowest BCUT2D eigenvalue weighted by Gasteiger charge is -2.39. The molecule has 1 saturated carbocycles. The first kappa shape index (κ1) is 14.2. The molecular weight excluding hydrogens is 310 g/mol. The molecule has 0 aliphatic heterocycles. The van der Waals surface area contributed by atoms with Crippen molar-refractivity contribution < 1.29 is 14.6 Å². The average Bonchev–Trinajstić information content (AvgIpc) is 2.37. The van der Waals surface area contributed by atoms with Crippen molar-refractivity contribution in [1.82, 2.24) is 0 Å². The van der Waals surface area contributed by atoms with Crippen LogP contribution in [-0.2, 0) is 0 Å². The number of halogens is 1. The average molecular weight is 326 g/mol. The number of hydrogen-bond acceptors (Lipinski definition) is 4. The molecule has 1 unspecified atom stereocenters. The third-order valence-electron chi connectivity index (χ3n) is 3.79. The van der Waals surface area contributed by atoms with E-state index in [-0.39, 0.29) is 0 Å². The van der Waals surface area contributed by atoms with Crippen LogP contribution in [-0.4, -0.2) is 19.3 Å². The molecule has 4 nitrogen and oxygen atoms in total. The second kappa shape index (κ2) is 5.40. The Kier molecular flexibility index (Phi) is 4.02. The molecule has 0 amide bonds. The molecule has 1 fully saturated rings. The van der Waals surface area contributed by atoms with Gasteiger partial charge in [0.15, 0.2) is 11.5 Å². The minimum absolute atomic E-state index is 0.548. The summed E-state index contributed by atoms with van der Waals surface area (Å²) in [6.07, 6.45) is 1.62. The van der Waals surface area contributed by atoms with Gasteiger partial charge in [0, 0.05) is 10.0 Å². The van der Waals surface area contributed by atoms with E-state index in [1.807, 2.05) is 0 Å². The first-order valence-electron chi connectivity index (χ1n) is 6.08. The van der Waals surface area contributed by atoms with Crippen molar-refractivity contribution in [3.63, 3.8) is 0 Å². The van der Waals surface area contributed by atoms with Crippen LogP contribution in [0.2, 0.25) is 0 Å². The highest BCUT2D eigenvalue weighted by molar-refractivity contribution is 9.10. The van der Waals surface area contributed by atoms with E-state index in [0.717, 1.165) is 23.7 Å². The first-order valence-corrected chi connectivity index (χ1v) is 6.88. The van der Waals surface area contributed by atoms with Gasteiger partial charge in [0.2, 0.25) is 0 Å². The molecule has 1 atom stereocenters. The Morgan fingerprint density at radius 1 is 1.32 bits per heavy atom. The summed E-state index contributed by atoms with van der Waals surface area (Å²) in [7, 11) is 3.11. The van der Waals surface area contributed by atoms with Gasteiger partial charge in [-0.3, -0.25) is 0 Å². The van der Waals surface area contributed by atoms with Gasteiger partial charge in [0.1, 0.15) is 0 Å². The SMILES string of the molecule is COc1cc(Br)c(C(O)C2(C#N)CCC2)cc1OC. The van der Waals surface area contributed by atoms with Gasteiger partial charge < -0.3 is 14.6 Å². The lowest BCUT2D eigenvalue weighted by molar-refractivity contribution is 0.00731. The molecule has 2 rings (SSSR count). The second-order valence-electron chi connectivity index (χ2n) is 4.75. The van der Waals surface area contributed by atoms with Crippen molar-refractivity contribution in [3.8, 4) is 17.6 Å². The van der Waals surface area contributed by atoms with Gasteiger partial charge in [-0.2, -0.15) is 5.26 Å². The van der Waals surface area contributed by atoms with E-state index in [0.29, 0.717) is 17.1 Å². The fraction of sp³-hybridized carbons (Fsp3) is 0.500. The quantitative estimate of drug-likeness (QED) is 0.923. The van der Waals surface area contributed by atoms with Crippen molar-refractivity contribution in [2.24, 2.45) is 5.41 Å². The number of ether oxygens (including phenoxy) is 2. The van der Waals surface area contributed by atoms with Crippen molar-refractivity contribution in [2.45, 2.75) is 25.4 Å². The highest BCUT2D eigenvalue weighted by Crippen LogP contribution is 2.52. The van der Waals surface area contributed by atoms with Gasteiger partial charge in [-0.25, -0.2) is 0 Å². The Morgan fingerprint density at radius 2 is 1.89 bits per heavy atom. The normalized spacial score (nSPS) is 18.1. The zero-order chi connectivity index (χ0) is 14.0. The minimum atomic E-state index is -0.819. The molecule has 0 aromatic heterocycles. The highest BCUT2D eigenvalue weighted by Gasteiger charge is 2.45. The molecule has 0 heterocycles. The lowest BCUT2D eigenvalue weighted by Crippen LogP contribution is -2.34. The van der Waals surface area contributed by atoms with E-state index < -0.39 is 11.5 Å². The van der Waals surface area contributed by atoms with Crippen LogP contribution in [0.5, 0.6) is 11.5 Å². The Hall–Kier alpha value is -1.25. The van der Waals surface area contributed by atoms with Crippen LogP contribution in [0.25, 0.3) is 0 Å². The van der Waals surface area contributed by atoms with Crippen LogP contribution in [0.1, 0.15) is 30.9 Å². The van der Waals surface area contributed by atoms with Gasteiger partial charge in [0.25, 0.3) is 0 Å². The number of aliphatic hydroxyl groups is 1. The van der Waals surface area contributed by atoms with E-state index in [1.54, 1.807) is 26.4 Å². The lowest BCUT2D eigenvalue weighted by atomic mass is 9.64. The third-order valence-corrected chi connectivity index (χ3v) is 4.48. The van der Waals surface area contributed by atoms with E-state index in [1.165, 1.54) is 0 Å². The summed E-state index contributed by atoms with van der Waals surface area (Å²) in [6.45, 7) is 0. The molecule has 1 aromatic carbocycles. The molecule has 102 valence electrons. The number of benzene rings is 1. The summed E-state index contributed by atoms with van der Waals surface area (Å²) in [5.74, 6) is 1.14. The number of hydrogen-bond donors (Lipinski definition) is 1. The summed E-state index contributed by atoms with van der Waals surface area (Å²) in [5.41, 5.74) is 0.00108. The fourth-order valence-corrected chi connectivity index (χ4v) is 2.92. The number of nitriles is 1. The molecule has 0 radical (unpaired) electrons. The van der Waals surface area contributed by atoms with E-state index in [2.05, 4.69) is 22.0 Å². The highest BCUT2D eigenvalue weighted by atomic mass is 79.9. The van der Waals surface area contributed by atoms with Crippen LogP contribution in [0.3, 0.4) is 0 Å². The smallest absolute Gasteiger partial charge is 0.161 e. The molecule has 19 heavy (non-hydrogen) atoms. The van der Waals surface area contributed by atoms with Gasteiger partial charge in [-0.1, -0.05) is 22.4 Å². The van der Waals surface area contributed by atoms with Crippen molar-refractivity contribution >= 4 is 15.9 Å². The summed E-state index contributed by atoms with van der Waals surface area (Å²) in [4.78, 5) is 0. The Morgan fingerprint density at radius 3 is 2.32 bits per heavy atom.